The first kappa shape index (κ1) is 6.43. The standard InChI is InChI=1S/C7H6N3/c8-4-5-6(9)2-1-3-7(5)10/h2-3H,9-10H2. The molecule has 3 nitrogen and oxygen atoms in total. The van der Waals surface area contributed by atoms with E-state index in [1.54, 1.807) is 0 Å². The minimum Gasteiger partial charge on any atom is -0.398 e. The van der Waals surface area contributed by atoms with E-state index in [0.29, 0.717) is 16.9 Å². The number of hydrogen-bond acceptors (Lipinski definition) is 3. The Morgan fingerprint density at radius 3 is 2.10 bits per heavy atom. The summed E-state index contributed by atoms with van der Waals surface area (Å²) in [6.45, 7) is 0. The van der Waals surface area contributed by atoms with Gasteiger partial charge in [0.25, 0.3) is 0 Å². The van der Waals surface area contributed by atoms with Gasteiger partial charge in [0, 0.05) is 0 Å². The molecule has 3 heteroatoms. The normalized spacial score (nSPS) is 8.70. The van der Waals surface area contributed by atoms with E-state index in [0.717, 1.165) is 0 Å². The maximum atomic E-state index is 8.48. The Balaban J connectivity index is 3.34. The number of nitrogen functional groups attached to an aromatic ring is 2. The monoisotopic (exact) mass is 132 g/mol. The van der Waals surface area contributed by atoms with Gasteiger partial charge in [-0.25, -0.2) is 0 Å². The van der Waals surface area contributed by atoms with E-state index in [-0.39, 0.29) is 0 Å². The van der Waals surface area contributed by atoms with E-state index in [2.05, 4.69) is 6.07 Å². The van der Waals surface area contributed by atoms with Crippen LogP contribution in [0.5, 0.6) is 0 Å². The van der Waals surface area contributed by atoms with Crippen molar-refractivity contribution in [2.24, 2.45) is 0 Å². The molecule has 0 fully saturated rings. The summed E-state index contributed by atoms with van der Waals surface area (Å²) in [6.07, 6.45) is 0. The molecule has 0 saturated heterocycles. The van der Waals surface area contributed by atoms with Crippen molar-refractivity contribution in [2.45, 2.75) is 0 Å². The average Bonchev–Trinajstić information content (AvgIpc) is 1.88. The fourth-order valence-corrected chi connectivity index (χ4v) is 0.661. The van der Waals surface area contributed by atoms with E-state index in [1.807, 2.05) is 6.07 Å². The van der Waals surface area contributed by atoms with Crippen LogP contribution in [0, 0.1) is 17.4 Å². The van der Waals surface area contributed by atoms with E-state index in [4.69, 9.17) is 16.7 Å². The molecule has 0 amide bonds. The molecule has 0 aliphatic carbocycles. The molecule has 1 rings (SSSR count). The van der Waals surface area contributed by atoms with Crippen molar-refractivity contribution >= 4 is 11.4 Å². The molecular weight excluding hydrogens is 126 g/mol. The Morgan fingerprint density at radius 2 is 1.80 bits per heavy atom. The topological polar surface area (TPSA) is 75.8 Å². The summed E-state index contributed by atoms with van der Waals surface area (Å²) in [5, 5.41) is 8.48. The third-order valence-corrected chi connectivity index (χ3v) is 1.17. The second-order valence-corrected chi connectivity index (χ2v) is 1.85. The van der Waals surface area contributed by atoms with Crippen LogP contribution in [0.3, 0.4) is 0 Å². The first-order valence-electron chi connectivity index (χ1n) is 2.71. The van der Waals surface area contributed by atoms with Gasteiger partial charge in [-0.2, -0.15) is 5.26 Å². The van der Waals surface area contributed by atoms with Crippen LogP contribution in [0.4, 0.5) is 11.4 Å². The largest absolute Gasteiger partial charge is 0.398 e. The van der Waals surface area contributed by atoms with Crippen molar-refractivity contribution in [1.82, 2.24) is 0 Å². The van der Waals surface area contributed by atoms with Gasteiger partial charge in [0.15, 0.2) is 0 Å². The Hall–Kier alpha value is -1.69. The van der Waals surface area contributed by atoms with Gasteiger partial charge in [0.1, 0.15) is 6.07 Å². The molecule has 0 aliphatic rings. The van der Waals surface area contributed by atoms with Crippen LogP contribution in [0.15, 0.2) is 12.1 Å². The molecular formula is C7H6N3. The molecule has 1 aromatic rings. The summed E-state index contributed by atoms with van der Waals surface area (Å²) >= 11 is 0. The molecule has 0 aliphatic heterocycles. The maximum absolute atomic E-state index is 8.48. The predicted molar refractivity (Wildman–Crippen MR) is 38.8 cm³/mol. The van der Waals surface area contributed by atoms with Crippen LogP contribution in [0.1, 0.15) is 5.56 Å². The molecule has 49 valence electrons. The van der Waals surface area contributed by atoms with Crippen LogP contribution in [0.25, 0.3) is 0 Å². The number of anilines is 2. The van der Waals surface area contributed by atoms with Crippen LogP contribution in [-0.4, -0.2) is 0 Å². The van der Waals surface area contributed by atoms with Crippen LogP contribution in [0.2, 0.25) is 0 Å². The molecule has 0 spiro atoms. The minimum atomic E-state index is 0.332. The number of benzene rings is 1. The van der Waals surface area contributed by atoms with Gasteiger partial charge in [-0.05, 0) is 18.2 Å². The van der Waals surface area contributed by atoms with Crippen molar-refractivity contribution in [3.05, 3.63) is 23.8 Å². The molecule has 1 aromatic carbocycles. The van der Waals surface area contributed by atoms with E-state index >= 15 is 0 Å². The number of rotatable bonds is 0. The van der Waals surface area contributed by atoms with Crippen LogP contribution < -0.4 is 11.5 Å². The number of nitriles is 1. The molecule has 0 unspecified atom stereocenters. The Morgan fingerprint density at radius 1 is 1.30 bits per heavy atom. The van der Waals surface area contributed by atoms with Crippen molar-refractivity contribution in [2.75, 3.05) is 11.5 Å². The Bertz CT molecular complexity index is 265. The van der Waals surface area contributed by atoms with Crippen LogP contribution >= 0.6 is 0 Å². The van der Waals surface area contributed by atoms with E-state index in [9.17, 15) is 0 Å². The number of hydrogen-bond donors (Lipinski definition) is 2. The zero-order chi connectivity index (χ0) is 7.56. The van der Waals surface area contributed by atoms with Crippen molar-refractivity contribution in [3.8, 4) is 6.07 Å². The van der Waals surface area contributed by atoms with E-state index < -0.39 is 0 Å². The maximum Gasteiger partial charge on any atom is 0.103 e. The first-order valence-corrected chi connectivity index (χ1v) is 2.71. The zero-order valence-electron chi connectivity index (χ0n) is 5.26. The molecule has 1 radical (unpaired) electrons. The van der Waals surface area contributed by atoms with Crippen molar-refractivity contribution in [1.29, 1.82) is 5.26 Å². The summed E-state index contributed by atoms with van der Waals surface area (Å²) < 4.78 is 0. The predicted octanol–water partition coefficient (Wildman–Crippen LogP) is 0.523. The number of nitrogens with zero attached hydrogens (tertiary/aromatic N) is 1. The summed E-state index contributed by atoms with van der Waals surface area (Å²) in [4.78, 5) is 0. The highest BCUT2D eigenvalue weighted by Crippen LogP contribution is 2.16. The van der Waals surface area contributed by atoms with Gasteiger partial charge in [-0.3, -0.25) is 0 Å². The quantitative estimate of drug-likeness (QED) is 0.505. The second-order valence-electron chi connectivity index (χ2n) is 1.85. The molecule has 0 heterocycles. The third kappa shape index (κ3) is 0.869. The highest BCUT2D eigenvalue weighted by molar-refractivity contribution is 5.66. The summed E-state index contributed by atoms with van der Waals surface area (Å²) in [5.41, 5.74) is 11.9. The van der Waals surface area contributed by atoms with Gasteiger partial charge < -0.3 is 11.5 Å². The lowest BCUT2D eigenvalue weighted by molar-refractivity contribution is 1.48. The molecule has 0 bridgehead atoms. The molecule has 0 atom stereocenters. The fourth-order valence-electron chi connectivity index (χ4n) is 0.661. The molecule has 4 N–H and O–H groups in total. The Labute approximate surface area is 58.9 Å². The van der Waals surface area contributed by atoms with Gasteiger partial charge >= 0.3 is 0 Å². The smallest absolute Gasteiger partial charge is 0.103 e. The fraction of sp³-hybridized carbons (Fsp3) is 0. The van der Waals surface area contributed by atoms with Gasteiger partial charge in [0.2, 0.25) is 0 Å². The zero-order valence-corrected chi connectivity index (χ0v) is 5.26. The number of nitrogens with two attached hydrogens (primary N) is 2. The van der Waals surface area contributed by atoms with Gasteiger partial charge in [0.05, 0.1) is 16.9 Å². The lowest BCUT2D eigenvalue weighted by Crippen LogP contribution is -1.95. The molecule has 0 aromatic heterocycles. The second kappa shape index (κ2) is 2.28. The lowest BCUT2D eigenvalue weighted by atomic mass is 10.1. The summed E-state index contributed by atoms with van der Waals surface area (Å²) in [6, 6.07) is 7.64. The van der Waals surface area contributed by atoms with E-state index in [1.165, 1.54) is 12.1 Å². The van der Waals surface area contributed by atoms with Crippen LogP contribution in [-0.2, 0) is 0 Å². The van der Waals surface area contributed by atoms with Crippen molar-refractivity contribution in [3.63, 3.8) is 0 Å². The highest BCUT2D eigenvalue weighted by Gasteiger charge is 1.99. The Kier molecular flexibility index (Phi) is 1.46. The average molecular weight is 132 g/mol. The minimum absolute atomic E-state index is 0.332. The summed E-state index contributed by atoms with van der Waals surface area (Å²) in [7, 11) is 0. The summed E-state index contributed by atoms with van der Waals surface area (Å²) in [5.74, 6) is 0. The highest BCUT2D eigenvalue weighted by atomic mass is 14.6. The SMILES string of the molecule is N#Cc1c(N)c[c]cc1N. The third-order valence-electron chi connectivity index (χ3n) is 1.17. The molecule has 10 heavy (non-hydrogen) atoms. The van der Waals surface area contributed by atoms with Gasteiger partial charge in [-0.1, -0.05) is 0 Å². The van der Waals surface area contributed by atoms with Crippen molar-refractivity contribution < 1.29 is 0 Å². The first-order chi connectivity index (χ1) is 4.75. The van der Waals surface area contributed by atoms with Gasteiger partial charge in [-0.15, -0.1) is 0 Å². The lowest BCUT2D eigenvalue weighted by Gasteiger charge is -1.97. The molecule has 0 saturated carbocycles.